The van der Waals surface area contributed by atoms with Gasteiger partial charge in [-0.2, -0.15) is 0 Å². The fraction of sp³-hybridized carbons (Fsp3) is 0.359. The zero-order valence-corrected chi connectivity index (χ0v) is 30.9. The number of nitrogens with one attached hydrogen (secondary N) is 1. The number of nitrogens with zero attached hydrogens (tertiary/aromatic N) is 2. The molecule has 2 heterocycles. The molecule has 4 N–H and O–H groups in total. The van der Waals surface area contributed by atoms with E-state index < -0.39 is 30.4 Å². The molecule has 1 saturated heterocycles. The van der Waals surface area contributed by atoms with E-state index in [0.717, 1.165) is 48.3 Å². The minimum Gasteiger partial charge on any atom is -1.00 e. The number of aliphatic hydroxyl groups is 2. The Morgan fingerprint density at radius 3 is 2.18 bits per heavy atom. The molecule has 1 aromatic heterocycles. The molecule has 1 fully saturated rings. The summed E-state index contributed by atoms with van der Waals surface area (Å²) in [7, 11) is 0. The van der Waals surface area contributed by atoms with E-state index in [1.54, 1.807) is 18.2 Å². The molecule has 4 aromatic rings. The Kier molecular flexibility index (Phi) is 14.0. The van der Waals surface area contributed by atoms with Crippen LogP contribution in [0.2, 0.25) is 0 Å². The first-order chi connectivity index (χ1) is 23.5. The number of amides is 2. The van der Waals surface area contributed by atoms with Gasteiger partial charge < -0.3 is 31.5 Å². The van der Waals surface area contributed by atoms with Crippen molar-refractivity contribution in [3.05, 3.63) is 107 Å². The number of carbonyl (C=O) groups excluding carboxylic acids is 2. The van der Waals surface area contributed by atoms with E-state index in [2.05, 4.69) is 5.32 Å². The van der Waals surface area contributed by atoms with Gasteiger partial charge in [0.25, 0.3) is 11.8 Å². The summed E-state index contributed by atoms with van der Waals surface area (Å²) in [6.07, 6.45) is -0.321. The van der Waals surface area contributed by atoms with E-state index in [0.29, 0.717) is 28.8 Å². The van der Waals surface area contributed by atoms with Crippen molar-refractivity contribution >= 4 is 17.8 Å². The van der Waals surface area contributed by atoms with Crippen molar-refractivity contribution in [3.63, 3.8) is 0 Å². The zero-order valence-electron chi connectivity index (χ0n) is 29.9. The summed E-state index contributed by atoms with van der Waals surface area (Å²) in [6.45, 7) is 5.59. The van der Waals surface area contributed by atoms with Gasteiger partial charge in [0.15, 0.2) is 0 Å². The molecule has 2 atom stereocenters. The van der Waals surface area contributed by atoms with E-state index in [4.69, 9.17) is 5.11 Å². The number of likely N-dealkylation sites (tertiary alicyclic amines) is 1. The number of halogens is 1. The van der Waals surface area contributed by atoms with Crippen LogP contribution < -0.4 is 34.9 Å². The molecule has 50 heavy (non-hydrogen) atoms. The van der Waals surface area contributed by atoms with Crippen LogP contribution >= 0.6 is 0 Å². The van der Waals surface area contributed by atoms with Crippen molar-refractivity contribution in [1.29, 1.82) is 0 Å². The zero-order chi connectivity index (χ0) is 35.1. The molecule has 9 nitrogen and oxygen atoms in total. The van der Waals surface area contributed by atoms with Crippen LogP contribution in [0.5, 0.6) is 0 Å². The van der Waals surface area contributed by atoms with Gasteiger partial charge in [-0.1, -0.05) is 54.6 Å². The molecule has 0 saturated carbocycles. The largest absolute Gasteiger partial charge is 1.00 e. The summed E-state index contributed by atoms with van der Waals surface area (Å²) in [5.74, 6) is -1.91. The van der Waals surface area contributed by atoms with Gasteiger partial charge in [-0.25, -0.2) is 4.39 Å². The maximum atomic E-state index is 14.4. The molecule has 0 unspecified atom stereocenters. The first-order valence-electron chi connectivity index (χ1n) is 16.9. The third-order valence-corrected chi connectivity index (χ3v) is 8.92. The van der Waals surface area contributed by atoms with E-state index in [1.807, 2.05) is 71.8 Å². The predicted molar refractivity (Wildman–Crippen MR) is 187 cm³/mol. The Labute approximate surface area is 315 Å². The number of hydrogen-bond acceptors (Lipinski definition) is 5. The van der Waals surface area contributed by atoms with E-state index >= 15 is 0 Å². The van der Waals surface area contributed by atoms with Gasteiger partial charge in [-0.3, -0.25) is 14.4 Å². The molecule has 5 rings (SSSR count). The Morgan fingerprint density at radius 2 is 1.54 bits per heavy atom. The summed E-state index contributed by atoms with van der Waals surface area (Å²) in [5.41, 5.74) is 5.37. The molecule has 0 radical (unpaired) electrons. The first-order valence-corrected chi connectivity index (χ1v) is 16.9. The summed E-state index contributed by atoms with van der Waals surface area (Å²) < 4.78 is 16.1. The number of aliphatic carboxylic acids is 1. The van der Waals surface area contributed by atoms with Gasteiger partial charge in [0.2, 0.25) is 0 Å². The monoisotopic (exact) mass is 693 g/mol. The number of carboxylic acid groups (broad SMARTS) is 1. The van der Waals surface area contributed by atoms with Gasteiger partial charge in [-0.05, 0) is 86.9 Å². The molecular formula is C39H45FN3NaO6. The molecule has 11 heteroatoms. The van der Waals surface area contributed by atoms with E-state index in [1.165, 1.54) is 12.1 Å². The Morgan fingerprint density at radius 1 is 0.880 bits per heavy atom. The smallest absolute Gasteiger partial charge is 1.00 e. The second-order valence-electron chi connectivity index (χ2n) is 12.9. The van der Waals surface area contributed by atoms with E-state index in [9.17, 15) is 29.0 Å². The maximum absolute atomic E-state index is 14.4. The molecule has 0 spiro atoms. The number of hydrogen-bond donors (Lipinski definition) is 4. The van der Waals surface area contributed by atoms with Crippen LogP contribution in [0.15, 0.2) is 78.9 Å². The topological polar surface area (TPSA) is 132 Å². The van der Waals surface area contributed by atoms with Gasteiger partial charge >= 0.3 is 35.5 Å². The average Bonchev–Trinajstić information content (AvgIpc) is 3.74. The number of rotatable bonds is 14. The molecule has 0 bridgehead atoms. The van der Waals surface area contributed by atoms with E-state index in [-0.39, 0.29) is 68.2 Å². The summed E-state index contributed by atoms with van der Waals surface area (Å²) in [6, 6.07) is 22.7. The van der Waals surface area contributed by atoms with Crippen LogP contribution in [0.25, 0.3) is 22.3 Å². The van der Waals surface area contributed by atoms with Crippen LogP contribution in [-0.4, -0.2) is 67.9 Å². The van der Waals surface area contributed by atoms with Crippen molar-refractivity contribution in [2.45, 2.75) is 77.2 Å². The molecular weight excluding hydrogens is 648 g/mol. The van der Waals surface area contributed by atoms with Crippen molar-refractivity contribution in [1.82, 2.24) is 14.8 Å². The number of carboxylic acids is 1. The third kappa shape index (κ3) is 9.50. The van der Waals surface area contributed by atoms with Crippen LogP contribution in [0.1, 0.15) is 85.5 Å². The normalized spacial score (nSPS) is 13.9. The molecule has 0 aliphatic carbocycles. The van der Waals surface area contributed by atoms with Gasteiger partial charge in [-0.15, -0.1) is 0 Å². The van der Waals surface area contributed by atoms with Crippen molar-refractivity contribution in [2.75, 3.05) is 13.1 Å². The Bertz CT molecular complexity index is 1780. The second-order valence-corrected chi connectivity index (χ2v) is 12.9. The number of carbonyl (C=O) groups is 3. The van der Waals surface area contributed by atoms with Crippen molar-refractivity contribution in [3.8, 4) is 22.3 Å². The van der Waals surface area contributed by atoms with Gasteiger partial charge in [0, 0.05) is 48.1 Å². The van der Waals surface area contributed by atoms with Crippen LogP contribution in [-0.2, 0) is 17.8 Å². The molecule has 3 aromatic carbocycles. The Hall–Kier alpha value is -3.80. The standard InChI is InChI=1S/C39H44FN3O6.Na.H/c1-25(2)43-33(18-17-31(44)22-32(45)23-34(46)47)35(28-13-15-30(40)16-14-28)36(27-10-4-3-5-11-27)37(43)38(48)41-24-26-9-8-12-29(21-26)39(49)42-19-6-7-20-42;;/h3-5,8-16,21,25,31-32,44-45H,6-7,17-20,22-24H2,1-2H3,(H,41,48)(H,46,47);;/q;+1;-1/t31-,32-;;/m1../s1. The summed E-state index contributed by atoms with van der Waals surface area (Å²) in [4.78, 5) is 40.4. The SMILES string of the molecule is CC(C)n1c(CC[C@@H](O)C[C@@H](O)CC(=O)O)c(-c2ccc(F)cc2)c(-c2ccccc2)c1C(=O)NCc1cccc(C(=O)N2CCCC2)c1.[H-].[Na+]. The molecule has 1 aliphatic heterocycles. The van der Waals surface area contributed by atoms with Crippen LogP contribution in [0.4, 0.5) is 4.39 Å². The fourth-order valence-corrected chi connectivity index (χ4v) is 6.69. The molecule has 1 aliphatic rings. The van der Waals surface area contributed by atoms with Crippen molar-refractivity contribution in [2.24, 2.45) is 0 Å². The Balaban J connectivity index is 0.00000351. The number of aromatic nitrogens is 1. The van der Waals surface area contributed by atoms with Gasteiger partial charge in [0.05, 0.1) is 18.6 Å². The minimum atomic E-state index is -1.20. The predicted octanol–water partition coefficient (Wildman–Crippen LogP) is 3.34. The van der Waals surface area contributed by atoms with Crippen molar-refractivity contribution < 1.29 is 65.1 Å². The summed E-state index contributed by atoms with van der Waals surface area (Å²) >= 11 is 0. The molecule has 260 valence electrons. The van der Waals surface area contributed by atoms with Gasteiger partial charge in [0.1, 0.15) is 11.5 Å². The average molecular weight is 694 g/mol. The molecule has 2 amide bonds. The first kappa shape index (κ1) is 39.0. The number of benzene rings is 3. The summed E-state index contributed by atoms with van der Waals surface area (Å²) in [5, 5.41) is 33.1. The number of aliphatic hydroxyl groups excluding tert-OH is 2. The fourth-order valence-electron chi connectivity index (χ4n) is 6.69. The second kappa shape index (κ2) is 17.9. The third-order valence-electron chi connectivity index (χ3n) is 8.92. The van der Waals surface area contributed by atoms with Crippen LogP contribution in [0.3, 0.4) is 0 Å². The minimum absolute atomic E-state index is 0. The van der Waals surface area contributed by atoms with Crippen LogP contribution in [0, 0.1) is 5.82 Å². The maximum Gasteiger partial charge on any atom is 1.00 e. The quantitative estimate of drug-likeness (QED) is 0.150.